The second-order valence-corrected chi connectivity index (χ2v) is 13.8. The van der Waals surface area contributed by atoms with Gasteiger partial charge in [0.25, 0.3) is 0 Å². The van der Waals surface area contributed by atoms with E-state index in [1.807, 2.05) is 36.4 Å². The van der Waals surface area contributed by atoms with Crippen molar-refractivity contribution in [2.75, 3.05) is 0 Å². The van der Waals surface area contributed by atoms with Gasteiger partial charge < -0.3 is 9.31 Å². The third-order valence-electron chi connectivity index (χ3n) is 9.19. The summed E-state index contributed by atoms with van der Waals surface area (Å²) in [6.07, 6.45) is 0. The molecule has 1 fully saturated rings. The van der Waals surface area contributed by atoms with Crippen LogP contribution in [0.2, 0.25) is 0 Å². The van der Waals surface area contributed by atoms with Crippen LogP contribution in [0.4, 0.5) is 0 Å². The number of rotatable bonds is 5. The second kappa shape index (κ2) is 11.0. The van der Waals surface area contributed by atoms with Crippen LogP contribution in [0.5, 0.6) is 0 Å². The van der Waals surface area contributed by atoms with E-state index in [0.29, 0.717) is 17.5 Å². The highest BCUT2D eigenvalue weighted by Gasteiger charge is 2.52. The smallest absolute Gasteiger partial charge is 0.399 e. The molecular formula is C39H32BN3O2S. The minimum Gasteiger partial charge on any atom is -0.399 e. The Balaban J connectivity index is 1.25. The van der Waals surface area contributed by atoms with Gasteiger partial charge in [-0.3, -0.25) is 0 Å². The van der Waals surface area contributed by atoms with Crippen LogP contribution >= 0.6 is 11.3 Å². The van der Waals surface area contributed by atoms with E-state index in [-0.39, 0.29) is 0 Å². The Labute approximate surface area is 273 Å². The number of nitrogens with zero attached hydrogens (tertiary/aromatic N) is 3. The highest BCUT2D eigenvalue weighted by Crippen LogP contribution is 2.40. The van der Waals surface area contributed by atoms with Crippen molar-refractivity contribution in [3.05, 3.63) is 121 Å². The Morgan fingerprint density at radius 2 is 1.04 bits per heavy atom. The van der Waals surface area contributed by atoms with E-state index < -0.39 is 18.3 Å². The average molecular weight is 618 g/mol. The van der Waals surface area contributed by atoms with Crippen molar-refractivity contribution in [3.8, 4) is 45.3 Å². The van der Waals surface area contributed by atoms with Crippen molar-refractivity contribution in [1.29, 1.82) is 0 Å². The summed E-state index contributed by atoms with van der Waals surface area (Å²) in [5, 5.41) is 2.33. The molecule has 0 saturated carbocycles. The molecule has 5 aromatic carbocycles. The van der Waals surface area contributed by atoms with Crippen LogP contribution in [0.1, 0.15) is 27.7 Å². The zero-order chi connectivity index (χ0) is 31.5. The first-order valence-corrected chi connectivity index (χ1v) is 16.4. The first kappa shape index (κ1) is 28.8. The molecule has 0 amide bonds. The molecule has 1 aliphatic rings. The maximum Gasteiger partial charge on any atom is 0.496 e. The second-order valence-electron chi connectivity index (χ2n) is 12.7. The van der Waals surface area contributed by atoms with Gasteiger partial charge in [-0.15, -0.1) is 11.3 Å². The van der Waals surface area contributed by atoms with Crippen molar-refractivity contribution in [1.82, 2.24) is 15.0 Å². The first-order chi connectivity index (χ1) is 22.3. The van der Waals surface area contributed by atoms with E-state index in [0.717, 1.165) is 38.7 Å². The molecule has 0 bridgehead atoms. The molecule has 46 heavy (non-hydrogen) atoms. The molecule has 7 aromatic rings. The Kier molecular flexibility index (Phi) is 6.87. The van der Waals surface area contributed by atoms with Crippen molar-refractivity contribution in [3.63, 3.8) is 0 Å². The van der Waals surface area contributed by atoms with Crippen LogP contribution < -0.4 is 5.46 Å². The average Bonchev–Trinajstić information content (AvgIpc) is 3.57. The SMILES string of the molecule is CC1(C)OB(c2cccc3c2sc2ccc(-c4nc(-c5ccccc5)nc(-c5cccc(-c6ccccc6)c5)n4)cc23)OC1(C)C. The van der Waals surface area contributed by atoms with Gasteiger partial charge in [0.1, 0.15) is 0 Å². The third-order valence-corrected chi connectivity index (χ3v) is 10.4. The molecule has 224 valence electrons. The van der Waals surface area contributed by atoms with Crippen molar-refractivity contribution >= 4 is 44.1 Å². The number of thiophene rings is 1. The van der Waals surface area contributed by atoms with E-state index in [1.54, 1.807) is 11.3 Å². The topological polar surface area (TPSA) is 57.1 Å². The van der Waals surface area contributed by atoms with Crippen LogP contribution in [0.3, 0.4) is 0 Å². The van der Waals surface area contributed by atoms with Gasteiger partial charge in [0, 0.05) is 36.9 Å². The zero-order valence-electron chi connectivity index (χ0n) is 26.2. The molecule has 1 aliphatic heterocycles. The van der Waals surface area contributed by atoms with E-state index in [4.69, 9.17) is 24.3 Å². The molecule has 2 aromatic heterocycles. The van der Waals surface area contributed by atoms with Gasteiger partial charge >= 0.3 is 7.12 Å². The summed E-state index contributed by atoms with van der Waals surface area (Å²) in [6, 6.07) is 41.7. The standard InChI is InChI=1S/C39H32BN3O2S/c1-38(2)39(3,4)45-40(44-38)32-20-12-19-30-31-24-29(21-22-33(31)46-34(30)32)37-42-35(26-15-9-6-10-16-26)41-36(43-37)28-18-11-17-27(23-28)25-13-7-5-8-14-25/h5-24H,1-4H3. The summed E-state index contributed by atoms with van der Waals surface area (Å²) in [7, 11) is -0.424. The molecule has 8 rings (SSSR count). The van der Waals surface area contributed by atoms with Gasteiger partial charge in [-0.05, 0) is 68.5 Å². The van der Waals surface area contributed by atoms with Crippen LogP contribution in [-0.4, -0.2) is 33.3 Å². The number of aromatic nitrogens is 3. The maximum atomic E-state index is 6.45. The number of hydrogen-bond acceptors (Lipinski definition) is 6. The normalized spacial score (nSPS) is 15.5. The van der Waals surface area contributed by atoms with Gasteiger partial charge in [0.2, 0.25) is 0 Å². The Bertz CT molecular complexity index is 2220. The highest BCUT2D eigenvalue weighted by atomic mass is 32.1. The van der Waals surface area contributed by atoms with Crippen LogP contribution in [-0.2, 0) is 9.31 Å². The molecule has 1 saturated heterocycles. The van der Waals surface area contributed by atoms with Crippen molar-refractivity contribution in [2.45, 2.75) is 38.9 Å². The predicted molar refractivity (Wildman–Crippen MR) is 190 cm³/mol. The summed E-state index contributed by atoms with van der Waals surface area (Å²) < 4.78 is 15.3. The van der Waals surface area contributed by atoms with Gasteiger partial charge in [-0.2, -0.15) is 0 Å². The predicted octanol–water partition coefficient (Wildman–Crippen LogP) is 9.21. The van der Waals surface area contributed by atoms with Gasteiger partial charge in [0.15, 0.2) is 17.5 Å². The fourth-order valence-electron chi connectivity index (χ4n) is 5.93. The Morgan fingerprint density at radius 3 is 1.72 bits per heavy atom. The molecule has 0 unspecified atom stereocenters. The Morgan fingerprint density at radius 1 is 0.500 bits per heavy atom. The van der Waals surface area contributed by atoms with E-state index in [2.05, 4.69) is 113 Å². The minimum absolute atomic E-state index is 0.406. The van der Waals surface area contributed by atoms with E-state index >= 15 is 0 Å². The summed E-state index contributed by atoms with van der Waals surface area (Å²) in [6.45, 7) is 8.37. The number of fused-ring (bicyclic) bond motifs is 3. The molecular weight excluding hydrogens is 585 g/mol. The largest absolute Gasteiger partial charge is 0.496 e. The highest BCUT2D eigenvalue weighted by molar-refractivity contribution is 7.27. The number of hydrogen-bond donors (Lipinski definition) is 0. The Hall–Kier alpha value is -4.69. The quantitative estimate of drug-likeness (QED) is 0.180. The molecule has 0 aliphatic carbocycles. The zero-order valence-corrected chi connectivity index (χ0v) is 27.0. The lowest BCUT2D eigenvalue weighted by Gasteiger charge is -2.32. The molecule has 0 atom stereocenters. The van der Waals surface area contributed by atoms with Gasteiger partial charge in [-0.1, -0.05) is 97.1 Å². The molecule has 3 heterocycles. The molecule has 0 radical (unpaired) electrons. The van der Waals surface area contributed by atoms with Crippen LogP contribution in [0, 0.1) is 0 Å². The first-order valence-electron chi connectivity index (χ1n) is 15.5. The van der Waals surface area contributed by atoms with E-state index in [9.17, 15) is 0 Å². The minimum atomic E-state index is -0.424. The van der Waals surface area contributed by atoms with Crippen LogP contribution in [0.25, 0.3) is 65.5 Å². The summed E-state index contributed by atoms with van der Waals surface area (Å²) >= 11 is 1.77. The fraction of sp³-hybridized carbons (Fsp3) is 0.154. The summed E-state index contributed by atoms with van der Waals surface area (Å²) in [4.78, 5) is 15.0. The number of benzene rings is 5. The monoisotopic (exact) mass is 617 g/mol. The molecule has 5 nitrogen and oxygen atoms in total. The summed E-state index contributed by atoms with van der Waals surface area (Å²) in [5.41, 5.74) is 5.34. The maximum absolute atomic E-state index is 6.45. The van der Waals surface area contributed by atoms with Gasteiger partial charge in [0.05, 0.1) is 11.2 Å². The summed E-state index contributed by atoms with van der Waals surface area (Å²) in [5.74, 6) is 1.92. The lowest BCUT2D eigenvalue weighted by atomic mass is 9.78. The third kappa shape index (κ3) is 5.01. The van der Waals surface area contributed by atoms with Crippen molar-refractivity contribution in [2.24, 2.45) is 0 Å². The van der Waals surface area contributed by atoms with Crippen LogP contribution in [0.15, 0.2) is 121 Å². The van der Waals surface area contributed by atoms with Gasteiger partial charge in [-0.25, -0.2) is 15.0 Å². The lowest BCUT2D eigenvalue weighted by Crippen LogP contribution is -2.41. The fourth-order valence-corrected chi connectivity index (χ4v) is 7.14. The molecule has 0 spiro atoms. The lowest BCUT2D eigenvalue weighted by molar-refractivity contribution is 0.00578. The van der Waals surface area contributed by atoms with E-state index in [1.165, 1.54) is 14.8 Å². The molecule has 7 heteroatoms. The molecule has 0 N–H and O–H groups in total. The van der Waals surface area contributed by atoms with Crippen molar-refractivity contribution < 1.29 is 9.31 Å².